The molecule has 0 aromatic heterocycles. The third kappa shape index (κ3) is 9.65. The standard InChI is InChI=1S/C29H34O11/c1-18(30)35-17-25-26(37-19(2)31)27(38-20(3)32)28(39-21(4)33)29(40-25)34-15-14-22-10-12-24(13-11-22)36-16-23-8-6-5-7-9-23/h5-13,25-29H,14-17H2,1-4H3/t25-,26-,27+,28-,29-/m1/s1. The number of ether oxygens (including phenoxy) is 7. The fraction of sp³-hybridized carbons (Fsp3) is 0.448. The second-order valence-corrected chi connectivity index (χ2v) is 9.11. The summed E-state index contributed by atoms with van der Waals surface area (Å²) in [6.45, 7) is 4.98. The molecule has 0 aliphatic carbocycles. The number of carbonyl (C=O) groups is 4. The first-order chi connectivity index (χ1) is 19.1. The molecular weight excluding hydrogens is 524 g/mol. The van der Waals surface area contributed by atoms with Gasteiger partial charge >= 0.3 is 23.9 Å². The zero-order valence-corrected chi connectivity index (χ0v) is 22.9. The van der Waals surface area contributed by atoms with Gasteiger partial charge in [-0.3, -0.25) is 19.2 Å². The Hall–Kier alpha value is -3.96. The highest BCUT2D eigenvalue weighted by Crippen LogP contribution is 2.30. The zero-order valence-electron chi connectivity index (χ0n) is 22.9. The van der Waals surface area contributed by atoms with Crippen molar-refractivity contribution in [3.05, 3.63) is 65.7 Å². The van der Waals surface area contributed by atoms with Crippen LogP contribution in [0.3, 0.4) is 0 Å². The molecule has 216 valence electrons. The smallest absolute Gasteiger partial charge is 0.303 e. The summed E-state index contributed by atoms with van der Waals surface area (Å²) in [5, 5.41) is 0. The average Bonchev–Trinajstić information content (AvgIpc) is 2.90. The maximum absolute atomic E-state index is 11.9. The van der Waals surface area contributed by atoms with Crippen molar-refractivity contribution >= 4 is 23.9 Å². The molecule has 0 unspecified atom stereocenters. The van der Waals surface area contributed by atoms with Crippen LogP contribution in [0.25, 0.3) is 0 Å². The zero-order chi connectivity index (χ0) is 29.1. The van der Waals surface area contributed by atoms with E-state index in [1.807, 2.05) is 54.6 Å². The van der Waals surface area contributed by atoms with Crippen molar-refractivity contribution in [3.8, 4) is 5.75 Å². The summed E-state index contributed by atoms with van der Waals surface area (Å²) in [6, 6.07) is 17.3. The predicted octanol–water partition coefficient (Wildman–Crippen LogP) is 2.91. The van der Waals surface area contributed by atoms with Gasteiger partial charge in [-0.15, -0.1) is 0 Å². The van der Waals surface area contributed by atoms with E-state index in [4.69, 9.17) is 33.2 Å². The number of benzene rings is 2. The number of esters is 4. The molecule has 1 aliphatic heterocycles. The van der Waals surface area contributed by atoms with E-state index < -0.39 is 54.6 Å². The summed E-state index contributed by atoms with van der Waals surface area (Å²) in [7, 11) is 0. The fourth-order valence-corrected chi connectivity index (χ4v) is 4.11. The first kappa shape index (κ1) is 30.6. The van der Waals surface area contributed by atoms with Crippen LogP contribution in [0.4, 0.5) is 0 Å². The highest BCUT2D eigenvalue weighted by atomic mass is 16.7. The van der Waals surface area contributed by atoms with Gasteiger partial charge < -0.3 is 33.2 Å². The Morgan fingerprint density at radius 1 is 0.700 bits per heavy atom. The van der Waals surface area contributed by atoms with Crippen molar-refractivity contribution in [2.24, 2.45) is 0 Å². The number of carbonyl (C=O) groups excluding carboxylic acids is 4. The molecule has 2 aromatic rings. The molecule has 11 heteroatoms. The van der Waals surface area contributed by atoms with Crippen molar-refractivity contribution in [1.82, 2.24) is 0 Å². The fourth-order valence-electron chi connectivity index (χ4n) is 4.11. The third-order valence-electron chi connectivity index (χ3n) is 5.79. The molecule has 2 aromatic carbocycles. The molecule has 1 heterocycles. The molecule has 0 bridgehead atoms. The van der Waals surface area contributed by atoms with Crippen molar-refractivity contribution < 1.29 is 52.3 Å². The number of rotatable bonds is 12. The van der Waals surface area contributed by atoms with Crippen LogP contribution >= 0.6 is 0 Å². The molecule has 0 spiro atoms. The Bertz CT molecular complexity index is 1130. The Kier molecular flexibility index (Phi) is 11.5. The van der Waals surface area contributed by atoms with Gasteiger partial charge in [-0.2, -0.15) is 0 Å². The van der Waals surface area contributed by atoms with Crippen LogP contribution in [0, 0.1) is 0 Å². The maximum Gasteiger partial charge on any atom is 0.303 e. The first-order valence-corrected chi connectivity index (χ1v) is 12.8. The molecule has 11 nitrogen and oxygen atoms in total. The lowest BCUT2D eigenvalue weighted by atomic mass is 9.98. The van der Waals surface area contributed by atoms with Crippen LogP contribution in [-0.4, -0.2) is 67.8 Å². The lowest BCUT2D eigenvalue weighted by Gasteiger charge is -2.44. The van der Waals surface area contributed by atoms with Crippen LogP contribution in [0.2, 0.25) is 0 Å². The Labute approximate surface area is 232 Å². The molecule has 0 N–H and O–H groups in total. The molecule has 40 heavy (non-hydrogen) atoms. The molecule has 5 atom stereocenters. The Morgan fingerprint density at radius 3 is 1.90 bits per heavy atom. The number of hydrogen-bond donors (Lipinski definition) is 0. The van der Waals surface area contributed by atoms with E-state index in [2.05, 4.69) is 0 Å². The average molecular weight is 559 g/mol. The van der Waals surface area contributed by atoms with Gasteiger partial charge in [0.25, 0.3) is 0 Å². The lowest BCUT2D eigenvalue weighted by Crippen LogP contribution is -2.63. The molecule has 0 radical (unpaired) electrons. The van der Waals surface area contributed by atoms with Crippen molar-refractivity contribution in [3.63, 3.8) is 0 Å². The third-order valence-corrected chi connectivity index (χ3v) is 5.79. The number of hydrogen-bond acceptors (Lipinski definition) is 11. The van der Waals surface area contributed by atoms with E-state index in [9.17, 15) is 19.2 Å². The largest absolute Gasteiger partial charge is 0.489 e. The van der Waals surface area contributed by atoms with Gasteiger partial charge in [0.15, 0.2) is 24.6 Å². The minimum absolute atomic E-state index is 0.137. The molecule has 1 saturated heterocycles. The molecular formula is C29H34O11. The van der Waals surface area contributed by atoms with E-state index in [0.29, 0.717) is 18.8 Å². The van der Waals surface area contributed by atoms with E-state index >= 15 is 0 Å². The van der Waals surface area contributed by atoms with Gasteiger partial charge in [-0.05, 0) is 29.7 Å². The van der Waals surface area contributed by atoms with E-state index in [1.54, 1.807) is 0 Å². The quantitative estimate of drug-likeness (QED) is 0.281. The summed E-state index contributed by atoms with van der Waals surface area (Å²) in [6.07, 6.45) is -5.57. The normalized spacial score (nSPS) is 22.1. The van der Waals surface area contributed by atoms with E-state index in [1.165, 1.54) is 13.8 Å². The Morgan fingerprint density at radius 2 is 1.30 bits per heavy atom. The van der Waals surface area contributed by atoms with Crippen molar-refractivity contribution in [1.29, 1.82) is 0 Å². The summed E-state index contributed by atoms with van der Waals surface area (Å²) in [5.41, 5.74) is 2.00. The van der Waals surface area contributed by atoms with Crippen molar-refractivity contribution in [2.75, 3.05) is 13.2 Å². The predicted molar refractivity (Wildman–Crippen MR) is 139 cm³/mol. The summed E-state index contributed by atoms with van der Waals surface area (Å²) >= 11 is 0. The van der Waals surface area contributed by atoms with Crippen molar-refractivity contribution in [2.45, 2.75) is 71.4 Å². The summed E-state index contributed by atoms with van der Waals surface area (Å²) in [5.74, 6) is -1.97. The maximum atomic E-state index is 11.9. The van der Waals surface area contributed by atoms with Crippen LogP contribution in [-0.2, 0) is 60.6 Å². The van der Waals surface area contributed by atoms with Gasteiger partial charge in [0, 0.05) is 27.7 Å². The lowest BCUT2D eigenvalue weighted by molar-refractivity contribution is -0.307. The Balaban J connectivity index is 1.69. The summed E-state index contributed by atoms with van der Waals surface area (Å²) in [4.78, 5) is 47.1. The molecule has 0 amide bonds. The van der Waals surface area contributed by atoms with E-state index in [0.717, 1.165) is 25.0 Å². The highest BCUT2D eigenvalue weighted by molar-refractivity contribution is 5.68. The minimum atomic E-state index is -1.27. The second-order valence-electron chi connectivity index (χ2n) is 9.11. The van der Waals surface area contributed by atoms with Crippen LogP contribution in [0.15, 0.2) is 54.6 Å². The van der Waals surface area contributed by atoms with Crippen LogP contribution in [0.5, 0.6) is 5.75 Å². The van der Waals surface area contributed by atoms with Crippen LogP contribution in [0.1, 0.15) is 38.8 Å². The summed E-state index contributed by atoms with van der Waals surface area (Å²) < 4.78 is 38.9. The topological polar surface area (TPSA) is 133 Å². The second kappa shape index (κ2) is 15.0. The van der Waals surface area contributed by atoms with Gasteiger partial charge in [0.05, 0.1) is 6.61 Å². The highest BCUT2D eigenvalue weighted by Gasteiger charge is 2.52. The minimum Gasteiger partial charge on any atom is -0.489 e. The van der Waals surface area contributed by atoms with Gasteiger partial charge in [0.1, 0.15) is 25.1 Å². The molecule has 3 rings (SSSR count). The van der Waals surface area contributed by atoms with Crippen LogP contribution < -0.4 is 4.74 Å². The molecule has 1 fully saturated rings. The first-order valence-electron chi connectivity index (χ1n) is 12.8. The van der Waals surface area contributed by atoms with Gasteiger partial charge in [-0.1, -0.05) is 42.5 Å². The molecule has 1 aliphatic rings. The van der Waals surface area contributed by atoms with Gasteiger partial charge in [-0.25, -0.2) is 0 Å². The molecule has 0 saturated carbocycles. The monoisotopic (exact) mass is 558 g/mol. The van der Waals surface area contributed by atoms with E-state index in [-0.39, 0.29) is 13.2 Å². The SMILES string of the molecule is CC(=O)OC[C@H]1O[C@@H](OCCc2ccc(OCc3ccccc3)cc2)[C@H](OC(C)=O)[C@@H](OC(C)=O)[C@@H]1OC(C)=O. The van der Waals surface area contributed by atoms with Gasteiger partial charge in [0.2, 0.25) is 0 Å².